The molecule has 1 aliphatic carbocycles. The first kappa shape index (κ1) is 25.0. The number of anilines is 2. The lowest BCUT2D eigenvalue weighted by atomic mass is 9.78. The summed E-state index contributed by atoms with van der Waals surface area (Å²) in [6.45, 7) is 1.44. The number of hydrogen-bond donors (Lipinski definition) is 1. The first-order valence-corrected chi connectivity index (χ1v) is 12.2. The molecule has 1 amide bonds. The molecule has 0 bridgehead atoms. The van der Waals surface area contributed by atoms with Gasteiger partial charge < -0.3 is 14.8 Å². The Labute approximate surface area is 219 Å². The van der Waals surface area contributed by atoms with Gasteiger partial charge in [-0.05, 0) is 47.7 Å². The summed E-state index contributed by atoms with van der Waals surface area (Å²) in [6, 6.07) is 18.3. The molecule has 1 N–H and O–H groups in total. The van der Waals surface area contributed by atoms with Crippen molar-refractivity contribution in [2.24, 2.45) is 0 Å². The maximum Gasteiger partial charge on any atom is 0.269 e. The van der Waals surface area contributed by atoms with E-state index in [-0.39, 0.29) is 29.7 Å². The minimum absolute atomic E-state index is 0.106. The lowest BCUT2D eigenvalue weighted by molar-refractivity contribution is -0.384. The van der Waals surface area contributed by atoms with E-state index in [0.717, 1.165) is 5.56 Å². The summed E-state index contributed by atoms with van der Waals surface area (Å²) in [5.41, 5.74) is 3.73. The zero-order chi connectivity index (χ0) is 27.0. The summed E-state index contributed by atoms with van der Waals surface area (Å²) in [5, 5.41) is 15.0. The minimum Gasteiger partial charge on any atom is -0.493 e. The second kappa shape index (κ2) is 10.0. The molecule has 0 saturated carbocycles. The first-order valence-electron chi connectivity index (χ1n) is 12.2. The lowest BCUT2D eigenvalue weighted by Gasteiger charge is -2.34. The van der Waals surface area contributed by atoms with Gasteiger partial charge >= 0.3 is 0 Å². The van der Waals surface area contributed by atoms with E-state index in [1.807, 2.05) is 42.5 Å². The predicted octanol–water partition coefficient (Wildman–Crippen LogP) is 5.53. The second-order valence-corrected chi connectivity index (χ2v) is 9.32. The fourth-order valence-electron chi connectivity index (χ4n) is 5.40. The third-order valence-corrected chi connectivity index (χ3v) is 7.10. The minimum atomic E-state index is -0.822. The summed E-state index contributed by atoms with van der Waals surface area (Å²) >= 11 is 0. The molecule has 0 radical (unpaired) electrons. The summed E-state index contributed by atoms with van der Waals surface area (Å²) in [5.74, 6) is 0.625. The van der Waals surface area contributed by atoms with Gasteiger partial charge in [-0.25, -0.2) is 0 Å². The van der Waals surface area contributed by atoms with Gasteiger partial charge in [0, 0.05) is 36.7 Å². The zero-order valence-electron chi connectivity index (χ0n) is 21.3. The Kier molecular flexibility index (Phi) is 6.59. The fourth-order valence-corrected chi connectivity index (χ4v) is 5.40. The van der Waals surface area contributed by atoms with Crippen LogP contribution < -0.4 is 19.7 Å². The number of para-hydroxylation sites is 2. The number of nitro benzene ring substituents is 1. The Bertz CT molecular complexity index is 1480. The number of allylic oxidation sites excluding steroid dienone is 1. The highest BCUT2D eigenvalue weighted by atomic mass is 16.6. The molecule has 9 nitrogen and oxygen atoms in total. The van der Waals surface area contributed by atoms with Crippen LogP contribution in [-0.4, -0.2) is 30.8 Å². The number of nitro groups is 1. The number of Topliss-reactive ketones (excluding diaryl/α,β-unsaturated/α-hetero) is 1. The average molecular weight is 514 g/mol. The number of carbonyl (C=O) groups is 2. The molecule has 2 atom stereocenters. The highest BCUT2D eigenvalue weighted by molar-refractivity contribution is 6.06. The third-order valence-electron chi connectivity index (χ3n) is 7.10. The van der Waals surface area contributed by atoms with Crippen LogP contribution >= 0.6 is 0 Å². The molecule has 1 heterocycles. The van der Waals surface area contributed by atoms with E-state index in [0.29, 0.717) is 46.1 Å². The molecule has 0 saturated heterocycles. The quantitative estimate of drug-likeness (QED) is 0.353. The monoisotopic (exact) mass is 513 g/mol. The smallest absolute Gasteiger partial charge is 0.269 e. The maximum absolute atomic E-state index is 13.9. The van der Waals surface area contributed by atoms with Gasteiger partial charge in [0.05, 0.1) is 36.6 Å². The second-order valence-electron chi connectivity index (χ2n) is 9.32. The molecule has 5 rings (SSSR count). The summed E-state index contributed by atoms with van der Waals surface area (Å²) in [6.07, 6.45) is 0.714. The number of ketones is 1. The van der Waals surface area contributed by atoms with Crippen molar-refractivity contribution in [2.45, 2.75) is 31.7 Å². The largest absolute Gasteiger partial charge is 0.493 e. The average Bonchev–Trinajstić information content (AvgIpc) is 3.07. The van der Waals surface area contributed by atoms with Gasteiger partial charge in [-0.3, -0.25) is 24.6 Å². The van der Waals surface area contributed by atoms with Crippen molar-refractivity contribution in [1.29, 1.82) is 0 Å². The molecule has 3 aromatic carbocycles. The van der Waals surface area contributed by atoms with Crippen molar-refractivity contribution in [1.82, 2.24) is 0 Å². The van der Waals surface area contributed by atoms with Crippen LogP contribution in [0.4, 0.5) is 17.1 Å². The van der Waals surface area contributed by atoms with Gasteiger partial charge in [-0.2, -0.15) is 0 Å². The van der Waals surface area contributed by atoms with E-state index in [2.05, 4.69) is 5.32 Å². The van der Waals surface area contributed by atoms with Crippen LogP contribution in [0.2, 0.25) is 0 Å². The molecule has 3 aromatic rings. The molecule has 0 aromatic heterocycles. The number of amides is 1. The number of rotatable bonds is 5. The van der Waals surface area contributed by atoms with Crippen LogP contribution in [0, 0.1) is 10.1 Å². The third kappa shape index (κ3) is 4.36. The Morgan fingerprint density at radius 3 is 2.45 bits per heavy atom. The molecule has 9 heteroatoms. The van der Waals surface area contributed by atoms with Crippen molar-refractivity contribution in [2.75, 3.05) is 24.4 Å². The molecular weight excluding hydrogens is 486 g/mol. The van der Waals surface area contributed by atoms with Crippen molar-refractivity contribution in [3.63, 3.8) is 0 Å². The number of nitrogens with zero attached hydrogens (tertiary/aromatic N) is 2. The molecular formula is C29H27N3O6. The van der Waals surface area contributed by atoms with E-state index >= 15 is 0 Å². The van der Waals surface area contributed by atoms with Crippen LogP contribution in [0.15, 0.2) is 78.0 Å². The predicted molar refractivity (Wildman–Crippen MR) is 143 cm³/mol. The number of hydrogen-bond acceptors (Lipinski definition) is 7. The number of nitrogens with one attached hydrogen (secondary N) is 1. The molecule has 1 aliphatic heterocycles. The summed E-state index contributed by atoms with van der Waals surface area (Å²) in [4.78, 5) is 39.7. The van der Waals surface area contributed by atoms with Gasteiger partial charge in [0.15, 0.2) is 17.3 Å². The van der Waals surface area contributed by atoms with Crippen LogP contribution in [-0.2, 0) is 9.59 Å². The van der Waals surface area contributed by atoms with Crippen LogP contribution in [0.3, 0.4) is 0 Å². The number of methoxy groups -OCH3 is 2. The van der Waals surface area contributed by atoms with E-state index < -0.39 is 11.0 Å². The SMILES string of the molecule is COc1ccc([C@H]2CC(=O)C3=C(C2)Nc2ccccc2N(C(C)=O)[C@H]3c2cccc([N+](=O)[O-])c2)cc1OC. The normalized spacial score (nSPS) is 18.6. The Morgan fingerprint density at radius 2 is 1.74 bits per heavy atom. The highest BCUT2D eigenvalue weighted by Crippen LogP contribution is 2.48. The zero-order valence-corrected chi connectivity index (χ0v) is 21.3. The Balaban J connectivity index is 1.68. The van der Waals surface area contributed by atoms with E-state index in [1.54, 1.807) is 31.3 Å². The van der Waals surface area contributed by atoms with Gasteiger partial charge in [0.25, 0.3) is 5.69 Å². The number of fused-ring (bicyclic) bond motifs is 1. The van der Waals surface area contributed by atoms with Gasteiger partial charge in [0.2, 0.25) is 5.91 Å². The lowest BCUT2D eigenvalue weighted by Crippen LogP contribution is -2.37. The van der Waals surface area contributed by atoms with Crippen LogP contribution in [0.5, 0.6) is 11.5 Å². The van der Waals surface area contributed by atoms with E-state index in [4.69, 9.17) is 9.47 Å². The van der Waals surface area contributed by atoms with Crippen molar-refractivity contribution in [3.8, 4) is 11.5 Å². The topological polar surface area (TPSA) is 111 Å². The number of non-ortho nitro benzene ring substituents is 1. The molecule has 38 heavy (non-hydrogen) atoms. The molecule has 0 unspecified atom stereocenters. The van der Waals surface area contributed by atoms with E-state index in [1.165, 1.54) is 19.1 Å². The standard InChI is InChI=1S/C29H27N3O6/c1-17(33)31-24-10-5-4-9-22(24)30-23-14-20(18-11-12-26(37-2)27(16-18)38-3)15-25(34)28(23)29(31)19-7-6-8-21(13-19)32(35)36/h4-13,16,20,29-30H,14-15H2,1-3H3/t20-,29+/m1/s1. The van der Waals surface area contributed by atoms with E-state index in [9.17, 15) is 19.7 Å². The highest BCUT2D eigenvalue weighted by Gasteiger charge is 2.41. The molecule has 0 fully saturated rings. The number of ether oxygens (including phenoxy) is 2. The van der Waals surface area contributed by atoms with Crippen molar-refractivity contribution in [3.05, 3.63) is 99.2 Å². The van der Waals surface area contributed by atoms with Crippen LogP contribution in [0.25, 0.3) is 0 Å². The molecule has 2 aliphatic rings. The molecule has 0 spiro atoms. The summed E-state index contributed by atoms with van der Waals surface area (Å²) < 4.78 is 10.8. The number of benzene rings is 3. The fraction of sp³-hybridized carbons (Fsp3) is 0.241. The van der Waals surface area contributed by atoms with Gasteiger partial charge in [-0.1, -0.05) is 30.3 Å². The summed E-state index contributed by atoms with van der Waals surface area (Å²) in [7, 11) is 3.14. The first-order chi connectivity index (χ1) is 18.3. The Hall–Kier alpha value is -4.66. The van der Waals surface area contributed by atoms with Crippen LogP contribution in [0.1, 0.15) is 42.9 Å². The van der Waals surface area contributed by atoms with Gasteiger partial charge in [0.1, 0.15) is 0 Å². The Morgan fingerprint density at radius 1 is 0.974 bits per heavy atom. The van der Waals surface area contributed by atoms with Crippen molar-refractivity contribution < 1.29 is 24.0 Å². The van der Waals surface area contributed by atoms with Crippen molar-refractivity contribution >= 4 is 28.8 Å². The molecule has 194 valence electrons. The number of carbonyl (C=O) groups excluding carboxylic acids is 2. The maximum atomic E-state index is 13.9. The van der Waals surface area contributed by atoms with Gasteiger partial charge in [-0.15, -0.1) is 0 Å².